The van der Waals surface area contributed by atoms with Crippen molar-refractivity contribution in [2.24, 2.45) is 34.5 Å². The highest BCUT2D eigenvalue weighted by Crippen LogP contribution is 2.62. The monoisotopic (exact) mass is 803 g/mol. The minimum absolute atomic E-state index is 0.0572. The van der Waals surface area contributed by atoms with Crippen LogP contribution in [0.15, 0.2) is 48.6 Å². The summed E-state index contributed by atoms with van der Waals surface area (Å²) in [7, 11) is -3.61. The smallest absolute Gasteiger partial charge is 0.250 e. The first-order valence-electron chi connectivity index (χ1n) is 21.9. The number of fused-ring (bicyclic) bond motifs is 10. The molecule has 8 rings (SSSR count). The van der Waals surface area contributed by atoms with Gasteiger partial charge in [0, 0.05) is 10.8 Å². The average Bonchev–Trinajstić information content (AvgIpc) is 3.52. The molecule has 0 saturated heterocycles. The molecular formula is C48H74O6Si2. The predicted molar refractivity (Wildman–Crippen MR) is 232 cm³/mol. The van der Waals surface area contributed by atoms with Gasteiger partial charge in [-0.25, -0.2) is 0 Å². The Bertz CT molecular complexity index is 1810. The van der Waals surface area contributed by atoms with Crippen LogP contribution in [0.3, 0.4) is 0 Å². The Kier molecular flexibility index (Phi) is 10.8. The summed E-state index contributed by atoms with van der Waals surface area (Å²) in [5.74, 6) is 4.04. The van der Waals surface area contributed by atoms with Gasteiger partial charge in [-0.2, -0.15) is 0 Å². The number of benzene rings is 2. The lowest BCUT2D eigenvalue weighted by Gasteiger charge is -2.52. The van der Waals surface area contributed by atoms with Gasteiger partial charge in [0.2, 0.25) is 8.32 Å². The number of phenols is 1. The van der Waals surface area contributed by atoms with Gasteiger partial charge in [0.15, 0.2) is 8.32 Å². The highest BCUT2D eigenvalue weighted by atomic mass is 28.4. The maximum absolute atomic E-state index is 10.5. The largest absolute Gasteiger partial charge is 0.543 e. The fourth-order valence-corrected chi connectivity index (χ4v) is 14.1. The van der Waals surface area contributed by atoms with E-state index >= 15 is 0 Å². The fraction of sp³-hybridized carbons (Fsp3) is 0.708. The summed E-state index contributed by atoms with van der Waals surface area (Å²) in [6.45, 7) is 28.1. The molecule has 0 amide bonds. The van der Waals surface area contributed by atoms with Crippen molar-refractivity contribution >= 4 is 16.6 Å². The zero-order chi connectivity index (χ0) is 41.0. The zero-order valence-electron chi connectivity index (χ0n) is 36.7. The van der Waals surface area contributed by atoms with Crippen molar-refractivity contribution in [2.75, 3.05) is 0 Å². The van der Waals surface area contributed by atoms with Gasteiger partial charge in [0.05, 0.1) is 18.3 Å². The molecule has 56 heavy (non-hydrogen) atoms. The molecule has 0 spiro atoms. The first-order valence-corrected chi connectivity index (χ1v) is 27.8. The lowest BCUT2D eigenvalue weighted by molar-refractivity contribution is -0.0505. The second kappa shape index (κ2) is 14.4. The van der Waals surface area contributed by atoms with E-state index in [4.69, 9.17) is 8.85 Å². The van der Waals surface area contributed by atoms with Gasteiger partial charge < -0.3 is 29.3 Å². The van der Waals surface area contributed by atoms with E-state index in [1.165, 1.54) is 42.4 Å². The number of aromatic hydroxyl groups is 1. The highest BCUT2D eigenvalue weighted by Gasteiger charge is 2.62. The fourth-order valence-electron chi connectivity index (χ4n) is 11.8. The second-order valence-corrected chi connectivity index (χ2v) is 32.0. The number of aryl methyl sites for hydroxylation is 2. The summed E-state index contributed by atoms with van der Waals surface area (Å²) < 4.78 is 13.7. The molecule has 12 atom stereocenters. The van der Waals surface area contributed by atoms with E-state index in [2.05, 4.69) is 105 Å². The van der Waals surface area contributed by atoms with Crippen LogP contribution in [0.25, 0.3) is 0 Å². The second-order valence-electron chi connectivity index (χ2n) is 22.5. The van der Waals surface area contributed by atoms with Crippen LogP contribution in [-0.4, -0.2) is 61.5 Å². The SMILES string of the molecule is CC(C)(C)[Si](C)(C)Oc1ccc2c(c1)CC[C@@H]1[C@@H]2CC[C@]2(C)[C@@H](O[Si](C)(C)C(C)(C)C)C=C[C@@H]12.C[C@]12CC[C@@H]3c4ccc(O)cc4CC[C@H]3[C@@H]1[C@@H](O)[C@@H](O)[C@@H]2O. The van der Waals surface area contributed by atoms with Crippen LogP contribution < -0.4 is 4.43 Å². The molecule has 2 aromatic rings. The topological polar surface area (TPSA) is 99.4 Å². The van der Waals surface area contributed by atoms with Gasteiger partial charge in [0.25, 0.3) is 0 Å². The van der Waals surface area contributed by atoms with E-state index in [0.29, 0.717) is 23.5 Å². The number of phenolic OH excluding ortho intramolecular Hbond substituents is 1. The maximum atomic E-state index is 10.5. The number of aliphatic hydroxyl groups is 3. The molecular weight excluding hydrogens is 729 g/mol. The first kappa shape index (κ1) is 42.2. The summed E-state index contributed by atoms with van der Waals surface area (Å²) in [6.07, 6.45) is 11.2. The van der Waals surface area contributed by atoms with Crippen molar-refractivity contribution < 1.29 is 29.3 Å². The minimum atomic E-state index is -1.81. The van der Waals surface area contributed by atoms with Gasteiger partial charge in [-0.15, -0.1) is 0 Å². The standard InChI is InChI=1S/C30H50O2Si2.C18H24O4/c1-28(2,3)33(8,9)31-22-13-15-23-21(20-22)12-14-25-24(23)18-19-30(7)26(25)16-17-27(30)32-34(10,11)29(4,5)6;1-18-7-6-12-11-5-3-10(19)8-9(11)2-4-13(12)14(18)15(20)16(21)17(18)22/h13,15-17,20,24-27H,12,14,18-19H2,1-11H3;3,5,8,12-17,19-22H,2,4,6-7H2,1H3/t24-,25-,26+,27+,30+;12-,13-,14-,15-,16-,17+,18+/m11/s1. The average molecular weight is 803 g/mol. The molecule has 0 aliphatic heterocycles. The molecule has 4 N–H and O–H groups in total. The first-order chi connectivity index (χ1) is 25.9. The van der Waals surface area contributed by atoms with Crippen molar-refractivity contribution in [3.05, 3.63) is 70.8 Å². The van der Waals surface area contributed by atoms with Gasteiger partial charge >= 0.3 is 0 Å². The maximum Gasteiger partial charge on any atom is 0.250 e. The summed E-state index contributed by atoms with van der Waals surface area (Å²) >= 11 is 0. The van der Waals surface area contributed by atoms with Gasteiger partial charge in [-0.3, -0.25) is 0 Å². The third-order valence-corrected chi connectivity index (χ3v) is 26.1. The molecule has 6 nitrogen and oxygen atoms in total. The molecule has 0 heterocycles. The normalized spacial score (nSPS) is 37.6. The van der Waals surface area contributed by atoms with Crippen LogP contribution in [0, 0.1) is 34.5 Å². The molecule has 0 unspecified atom stereocenters. The van der Waals surface area contributed by atoms with Crippen molar-refractivity contribution in [1.82, 2.24) is 0 Å². The van der Waals surface area contributed by atoms with Crippen molar-refractivity contribution in [2.45, 2.75) is 179 Å². The highest BCUT2D eigenvalue weighted by molar-refractivity contribution is 6.75. The van der Waals surface area contributed by atoms with E-state index in [1.54, 1.807) is 11.6 Å². The van der Waals surface area contributed by atoms with E-state index in [9.17, 15) is 20.4 Å². The zero-order valence-corrected chi connectivity index (χ0v) is 38.7. The molecule has 310 valence electrons. The quantitative estimate of drug-likeness (QED) is 0.182. The van der Waals surface area contributed by atoms with E-state index in [0.717, 1.165) is 37.4 Å². The lowest BCUT2D eigenvalue weighted by atomic mass is 9.55. The van der Waals surface area contributed by atoms with Crippen LogP contribution in [-0.2, 0) is 17.3 Å². The summed E-state index contributed by atoms with van der Waals surface area (Å²) in [6, 6.07) is 12.7. The van der Waals surface area contributed by atoms with E-state index in [-0.39, 0.29) is 33.4 Å². The van der Waals surface area contributed by atoms with Gasteiger partial charge in [-0.05, 0) is 170 Å². The van der Waals surface area contributed by atoms with Gasteiger partial charge in [-0.1, -0.05) is 79.7 Å². The number of hydrogen-bond acceptors (Lipinski definition) is 6. The Balaban J connectivity index is 0.000000187. The van der Waals surface area contributed by atoms with Crippen LogP contribution in [0.2, 0.25) is 36.3 Å². The van der Waals surface area contributed by atoms with Crippen molar-refractivity contribution in [1.29, 1.82) is 0 Å². The third kappa shape index (κ3) is 7.02. The summed E-state index contributed by atoms with van der Waals surface area (Å²) in [5.41, 5.74) is 5.48. The van der Waals surface area contributed by atoms with Gasteiger partial charge in [0.1, 0.15) is 17.6 Å². The Morgan fingerprint density at radius 1 is 0.661 bits per heavy atom. The minimum Gasteiger partial charge on any atom is -0.543 e. The Hall–Kier alpha value is -1.95. The van der Waals surface area contributed by atoms with E-state index < -0.39 is 40.4 Å². The van der Waals surface area contributed by atoms with Crippen LogP contribution in [0.5, 0.6) is 11.5 Å². The Labute approximate surface area is 340 Å². The number of hydrogen-bond donors (Lipinski definition) is 4. The summed E-state index contributed by atoms with van der Waals surface area (Å²) in [4.78, 5) is 0. The van der Waals surface area contributed by atoms with E-state index in [1.807, 2.05) is 19.1 Å². The number of allylic oxidation sites excluding steroid dienone is 1. The van der Waals surface area contributed by atoms with Crippen LogP contribution in [0.4, 0.5) is 0 Å². The molecule has 0 radical (unpaired) electrons. The molecule has 3 fully saturated rings. The molecule has 3 saturated carbocycles. The third-order valence-electron chi connectivity index (χ3n) is 17.3. The number of aliphatic hydroxyl groups excluding tert-OH is 3. The van der Waals surface area contributed by atoms with Crippen molar-refractivity contribution in [3.8, 4) is 11.5 Å². The van der Waals surface area contributed by atoms with Crippen molar-refractivity contribution in [3.63, 3.8) is 0 Å². The molecule has 2 aromatic carbocycles. The molecule has 8 heteroatoms. The molecule has 6 aliphatic carbocycles. The Morgan fingerprint density at radius 2 is 1.21 bits per heavy atom. The molecule has 0 aromatic heterocycles. The molecule has 6 aliphatic rings. The summed E-state index contributed by atoms with van der Waals surface area (Å²) in [5, 5.41) is 41.2. The van der Waals surface area contributed by atoms with Crippen LogP contribution >= 0.6 is 0 Å². The van der Waals surface area contributed by atoms with Crippen LogP contribution in [0.1, 0.15) is 128 Å². The molecule has 0 bridgehead atoms. The Morgan fingerprint density at radius 3 is 1.84 bits per heavy atom. The lowest BCUT2D eigenvalue weighted by Crippen LogP contribution is -2.51. The predicted octanol–water partition coefficient (Wildman–Crippen LogP) is 10.6. The number of rotatable bonds is 4.